The van der Waals surface area contributed by atoms with Crippen LogP contribution in [0.1, 0.15) is 20.3 Å². The predicted molar refractivity (Wildman–Crippen MR) is 71.7 cm³/mol. The van der Waals surface area contributed by atoms with Gasteiger partial charge in [0.1, 0.15) is 0 Å². The van der Waals surface area contributed by atoms with Gasteiger partial charge >= 0.3 is 6.03 Å². The third-order valence-electron chi connectivity index (χ3n) is 3.58. The molecule has 0 unspecified atom stereocenters. The van der Waals surface area contributed by atoms with Crippen molar-refractivity contribution in [3.63, 3.8) is 0 Å². The summed E-state index contributed by atoms with van der Waals surface area (Å²) in [5.74, 6) is 0.507. The number of nitrogens with one attached hydrogen (secondary N) is 1. The van der Waals surface area contributed by atoms with Gasteiger partial charge in [-0.15, -0.1) is 0 Å². The molecule has 0 radical (unpaired) electrons. The van der Waals surface area contributed by atoms with Gasteiger partial charge in [-0.25, -0.2) is 13.2 Å². The zero-order valence-electron chi connectivity index (χ0n) is 11.5. The van der Waals surface area contributed by atoms with Crippen LogP contribution >= 0.6 is 0 Å². The summed E-state index contributed by atoms with van der Waals surface area (Å²) in [6.07, 6.45) is 0.737. The highest BCUT2D eigenvalue weighted by molar-refractivity contribution is 7.91. The molecule has 0 spiro atoms. The molecular weight excluding hydrogens is 268 g/mol. The molecule has 0 aromatic heterocycles. The summed E-state index contributed by atoms with van der Waals surface area (Å²) in [5.41, 5.74) is 0. The van der Waals surface area contributed by atoms with Gasteiger partial charge in [0.25, 0.3) is 0 Å². The molecule has 6 nitrogen and oxygen atoms in total. The highest BCUT2D eigenvalue weighted by atomic mass is 32.2. The van der Waals surface area contributed by atoms with Crippen molar-refractivity contribution in [2.45, 2.75) is 32.5 Å². The standard InChI is InChI=1S/C12H22N2O4S/c1-9-6-14(7-10(2)18-9)12(15)13-5-11-3-4-19(16,17)8-11/h9-11H,3-8H2,1-2H3,(H,13,15)/t9-,10-,11+/m1/s1. The van der Waals surface area contributed by atoms with Crippen LogP contribution in [0, 0.1) is 5.92 Å². The van der Waals surface area contributed by atoms with Crippen molar-refractivity contribution >= 4 is 15.9 Å². The maximum atomic E-state index is 12.0. The second-order valence-corrected chi connectivity index (χ2v) is 7.85. The molecule has 2 rings (SSSR count). The number of hydrogen-bond acceptors (Lipinski definition) is 4. The number of nitrogens with zero attached hydrogens (tertiary/aromatic N) is 1. The third-order valence-corrected chi connectivity index (χ3v) is 5.41. The van der Waals surface area contributed by atoms with E-state index in [0.717, 1.165) is 0 Å². The molecule has 0 bridgehead atoms. The minimum Gasteiger partial charge on any atom is -0.372 e. The Kier molecular flexibility index (Phi) is 4.35. The van der Waals surface area contributed by atoms with Crippen LogP contribution in [0.5, 0.6) is 0 Å². The molecule has 1 N–H and O–H groups in total. The molecule has 7 heteroatoms. The molecule has 19 heavy (non-hydrogen) atoms. The van der Waals surface area contributed by atoms with Gasteiger partial charge in [-0.3, -0.25) is 0 Å². The van der Waals surface area contributed by atoms with Gasteiger partial charge in [0.05, 0.1) is 23.7 Å². The number of hydrogen-bond donors (Lipinski definition) is 1. The van der Waals surface area contributed by atoms with Crippen LogP contribution in [0.15, 0.2) is 0 Å². The summed E-state index contributed by atoms with van der Waals surface area (Å²) in [7, 11) is -2.87. The van der Waals surface area contributed by atoms with Crippen LogP contribution in [0.4, 0.5) is 4.79 Å². The topological polar surface area (TPSA) is 75.7 Å². The Labute approximate surface area is 114 Å². The molecule has 2 amide bonds. The van der Waals surface area contributed by atoms with Crippen molar-refractivity contribution in [1.29, 1.82) is 0 Å². The van der Waals surface area contributed by atoms with E-state index < -0.39 is 9.84 Å². The van der Waals surface area contributed by atoms with Crippen molar-refractivity contribution in [3.05, 3.63) is 0 Å². The van der Waals surface area contributed by atoms with Gasteiger partial charge < -0.3 is 15.0 Å². The molecule has 3 atom stereocenters. The number of carbonyl (C=O) groups is 1. The second-order valence-electron chi connectivity index (χ2n) is 5.62. The lowest BCUT2D eigenvalue weighted by Crippen LogP contribution is -2.52. The van der Waals surface area contributed by atoms with Crippen LogP contribution in [-0.4, -0.2) is 62.7 Å². The molecule has 0 saturated carbocycles. The number of morpholine rings is 1. The van der Waals surface area contributed by atoms with E-state index in [0.29, 0.717) is 26.1 Å². The number of ether oxygens (including phenoxy) is 1. The highest BCUT2D eigenvalue weighted by Gasteiger charge is 2.30. The molecular formula is C12H22N2O4S. The first-order valence-electron chi connectivity index (χ1n) is 6.74. The Morgan fingerprint density at radius 1 is 1.32 bits per heavy atom. The highest BCUT2D eigenvalue weighted by Crippen LogP contribution is 2.17. The summed E-state index contributed by atoms with van der Waals surface area (Å²) < 4.78 is 28.2. The van der Waals surface area contributed by atoms with E-state index in [1.807, 2.05) is 13.8 Å². The molecule has 2 heterocycles. The number of amides is 2. The summed E-state index contributed by atoms with van der Waals surface area (Å²) in [4.78, 5) is 13.8. The smallest absolute Gasteiger partial charge is 0.317 e. The average molecular weight is 290 g/mol. The number of sulfone groups is 1. The Balaban J connectivity index is 1.78. The van der Waals surface area contributed by atoms with E-state index >= 15 is 0 Å². The number of rotatable bonds is 2. The lowest BCUT2D eigenvalue weighted by Gasteiger charge is -2.35. The average Bonchev–Trinajstić information content (AvgIpc) is 2.64. The van der Waals surface area contributed by atoms with Crippen LogP contribution in [0.3, 0.4) is 0 Å². The molecule has 110 valence electrons. The van der Waals surface area contributed by atoms with E-state index in [1.54, 1.807) is 4.90 Å². The fraction of sp³-hybridized carbons (Fsp3) is 0.917. The van der Waals surface area contributed by atoms with Crippen LogP contribution < -0.4 is 5.32 Å². The first-order valence-corrected chi connectivity index (χ1v) is 8.56. The van der Waals surface area contributed by atoms with Crippen LogP contribution in [0.25, 0.3) is 0 Å². The van der Waals surface area contributed by atoms with E-state index in [1.165, 1.54) is 0 Å². The van der Waals surface area contributed by atoms with Gasteiger partial charge in [0.15, 0.2) is 9.84 Å². The molecule has 2 fully saturated rings. The largest absolute Gasteiger partial charge is 0.372 e. The van der Waals surface area contributed by atoms with Crippen LogP contribution in [0.2, 0.25) is 0 Å². The Hall–Kier alpha value is -0.820. The molecule has 0 aromatic carbocycles. The zero-order valence-corrected chi connectivity index (χ0v) is 12.3. The molecule has 0 aromatic rings. The summed E-state index contributed by atoms with van der Waals surface area (Å²) in [6.45, 7) is 5.50. The van der Waals surface area contributed by atoms with Crippen molar-refractivity contribution in [2.24, 2.45) is 5.92 Å². The maximum absolute atomic E-state index is 12.0. The molecule has 2 saturated heterocycles. The van der Waals surface area contributed by atoms with Crippen molar-refractivity contribution in [1.82, 2.24) is 10.2 Å². The first kappa shape index (κ1) is 14.6. The van der Waals surface area contributed by atoms with E-state index in [4.69, 9.17) is 4.74 Å². The lowest BCUT2D eigenvalue weighted by molar-refractivity contribution is -0.0545. The fourth-order valence-electron chi connectivity index (χ4n) is 2.72. The summed E-state index contributed by atoms with van der Waals surface area (Å²) in [5, 5.41) is 2.84. The minimum absolute atomic E-state index is 0.0429. The van der Waals surface area contributed by atoms with Crippen LogP contribution in [-0.2, 0) is 14.6 Å². The maximum Gasteiger partial charge on any atom is 0.317 e. The quantitative estimate of drug-likeness (QED) is 0.790. The van der Waals surface area contributed by atoms with Crippen molar-refractivity contribution in [2.75, 3.05) is 31.1 Å². The normalized spacial score (nSPS) is 34.2. The minimum atomic E-state index is -2.87. The lowest BCUT2D eigenvalue weighted by atomic mass is 10.1. The number of urea groups is 1. The Bertz CT molecular complexity index is 427. The first-order chi connectivity index (χ1) is 8.85. The number of carbonyl (C=O) groups excluding carboxylic acids is 1. The Morgan fingerprint density at radius 2 is 1.95 bits per heavy atom. The van der Waals surface area contributed by atoms with Gasteiger partial charge in [-0.2, -0.15) is 0 Å². The monoisotopic (exact) mass is 290 g/mol. The van der Waals surface area contributed by atoms with Gasteiger partial charge in [-0.05, 0) is 26.2 Å². The predicted octanol–water partition coefficient (Wildman–Crippen LogP) is 0.240. The molecule has 2 aliphatic rings. The summed E-state index contributed by atoms with van der Waals surface area (Å²) >= 11 is 0. The Morgan fingerprint density at radius 3 is 2.47 bits per heavy atom. The molecule has 2 aliphatic heterocycles. The van der Waals surface area contributed by atoms with E-state index in [9.17, 15) is 13.2 Å². The summed E-state index contributed by atoms with van der Waals surface area (Å²) in [6, 6.07) is -0.119. The van der Waals surface area contributed by atoms with E-state index in [-0.39, 0.29) is 35.7 Å². The molecule has 0 aliphatic carbocycles. The SMILES string of the molecule is C[C@@H]1CN(C(=O)NC[C@@H]2CCS(=O)(=O)C2)C[C@@H](C)O1. The van der Waals surface area contributed by atoms with Crippen molar-refractivity contribution in [3.8, 4) is 0 Å². The fourth-order valence-corrected chi connectivity index (χ4v) is 4.58. The van der Waals surface area contributed by atoms with E-state index in [2.05, 4.69) is 5.32 Å². The van der Waals surface area contributed by atoms with Gasteiger partial charge in [-0.1, -0.05) is 0 Å². The zero-order chi connectivity index (χ0) is 14.0. The van der Waals surface area contributed by atoms with Gasteiger partial charge in [0, 0.05) is 19.6 Å². The van der Waals surface area contributed by atoms with Gasteiger partial charge in [0.2, 0.25) is 0 Å². The third kappa shape index (κ3) is 4.07. The second kappa shape index (κ2) is 5.66. The van der Waals surface area contributed by atoms with Crippen molar-refractivity contribution < 1.29 is 17.9 Å².